The number of hydrogen-bond acceptors (Lipinski definition) is 2. The second kappa shape index (κ2) is 2.95. The lowest BCUT2D eigenvalue weighted by molar-refractivity contribution is 0.895. The van der Waals surface area contributed by atoms with Gasteiger partial charge < -0.3 is 4.98 Å². The number of aromatic amines is 1. The standard InChI is InChI=1S/C12H11N3O/c1-7-8(2)14-15-11(7)13-10-6-4-3-5-9(10)12(15)16/h3-6,13H,1-2H3. The second-order valence-corrected chi connectivity index (χ2v) is 3.95. The van der Waals surface area contributed by atoms with Gasteiger partial charge in [-0.3, -0.25) is 4.79 Å². The number of aryl methyl sites for hydroxylation is 2. The van der Waals surface area contributed by atoms with E-state index in [4.69, 9.17) is 0 Å². The molecule has 0 saturated heterocycles. The Labute approximate surface area is 91.5 Å². The largest absolute Gasteiger partial charge is 0.339 e. The Morgan fingerprint density at radius 3 is 2.81 bits per heavy atom. The molecule has 1 aromatic carbocycles. The number of aromatic nitrogens is 3. The fourth-order valence-corrected chi connectivity index (χ4v) is 1.92. The highest BCUT2D eigenvalue weighted by atomic mass is 16.1. The molecule has 4 heteroatoms. The molecule has 0 radical (unpaired) electrons. The Morgan fingerprint density at radius 2 is 2.00 bits per heavy atom. The first-order chi connectivity index (χ1) is 7.68. The van der Waals surface area contributed by atoms with E-state index in [2.05, 4.69) is 10.1 Å². The summed E-state index contributed by atoms with van der Waals surface area (Å²) in [6.07, 6.45) is 0. The first-order valence-corrected chi connectivity index (χ1v) is 5.15. The van der Waals surface area contributed by atoms with Crippen LogP contribution < -0.4 is 5.56 Å². The van der Waals surface area contributed by atoms with Gasteiger partial charge in [-0.05, 0) is 26.0 Å². The highest BCUT2D eigenvalue weighted by molar-refractivity contribution is 5.79. The van der Waals surface area contributed by atoms with Crippen molar-refractivity contribution in [2.45, 2.75) is 13.8 Å². The van der Waals surface area contributed by atoms with E-state index in [1.165, 1.54) is 4.52 Å². The Hall–Kier alpha value is -2.10. The van der Waals surface area contributed by atoms with Crippen molar-refractivity contribution >= 4 is 16.6 Å². The summed E-state index contributed by atoms with van der Waals surface area (Å²) in [6.45, 7) is 3.86. The van der Waals surface area contributed by atoms with Crippen molar-refractivity contribution in [3.63, 3.8) is 0 Å². The third-order valence-electron chi connectivity index (χ3n) is 2.96. The minimum atomic E-state index is -0.0689. The molecule has 0 bridgehead atoms. The summed E-state index contributed by atoms with van der Waals surface area (Å²) >= 11 is 0. The molecule has 0 unspecified atom stereocenters. The Bertz CT molecular complexity index is 752. The number of para-hydroxylation sites is 1. The molecule has 2 heterocycles. The number of benzene rings is 1. The van der Waals surface area contributed by atoms with Crippen LogP contribution in [0.1, 0.15) is 11.3 Å². The normalized spacial score (nSPS) is 11.4. The quantitative estimate of drug-likeness (QED) is 0.619. The second-order valence-electron chi connectivity index (χ2n) is 3.95. The van der Waals surface area contributed by atoms with Crippen molar-refractivity contribution in [1.29, 1.82) is 0 Å². The van der Waals surface area contributed by atoms with Gasteiger partial charge in [-0.15, -0.1) is 0 Å². The molecule has 1 N–H and O–H groups in total. The van der Waals surface area contributed by atoms with Crippen LogP contribution in [0, 0.1) is 13.8 Å². The Morgan fingerprint density at radius 1 is 1.25 bits per heavy atom. The van der Waals surface area contributed by atoms with Crippen LogP contribution in [0.3, 0.4) is 0 Å². The van der Waals surface area contributed by atoms with E-state index in [0.29, 0.717) is 5.39 Å². The molecule has 0 atom stereocenters. The van der Waals surface area contributed by atoms with E-state index in [0.717, 1.165) is 22.4 Å². The van der Waals surface area contributed by atoms with Gasteiger partial charge in [-0.2, -0.15) is 9.61 Å². The van der Waals surface area contributed by atoms with Gasteiger partial charge in [0.05, 0.1) is 16.6 Å². The smallest absolute Gasteiger partial charge is 0.282 e. The molecule has 80 valence electrons. The average molecular weight is 213 g/mol. The molecule has 16 heavy (non-hydrogen) atoms. The lowest BCUT2D eigenvalue weighted by atomic mass is 10.2. The van der Waals surface area contributed by atoms with Crippen LogP contribution in [0.25, 0.3) is 16.6 Å². The van der Waals surface area contributed by atoms with Crippen molar-refractivity contribution in [3.05, 3.63) is 45.9 Å². The number of nitrogens with zero attached hydrogens (tertiary/aromatic N) is 2. The molecule has 0 saturated carbocycles. The van der Waals surface area contributed by atoms with Crippen molar-refractivity contribution in [2.75, 3.05) is 0 Å². The van der Waals surface area contributed by atoms with Gasteiger partial charge in [0, 0.05) is 5.56 Å². The molecular weight excluding hydrogens is 202 g/mol. The van der Waals surface area contributed by atoms with Gasteiger partial charge in [0.2, 0.25) is 0 Å². The molecule has 0 fully saturated rings. The summed E-state index contributed by atoms with van der Waals surface area (Å²) in [5, 5.41) is 4.90. The van der Waals surface area contributed by atoms with Crippen LogP contribution in [-0.2, 0) is 0 Å². The summed E-state index contributed by atoms with van der Waals surface area (Å²) in [7, 11) is 0. The predicted octanol–water partition coefficient (Wildman–Crippen LogP) is 1.79. The minimum absolute atomic E-state index is 0.0689. The van der Waals surface area contributed by atoms with E-state index in [1.54, 1.807) is 6.07 Å². The summed E-state index contributed by atoms with van der Waals surface area (Å²) in [5.74, 6) is 0. The summed E-state index contributed by atoms with van der Waals surface area (Å²) < 4.78 is 1.44. The SMILES string of the molecule is Cc1nn2c(=O)c3ccccc3[nH]c2c1C. The molecule has 3 rings (SSSR count). The van der Waals surface area contributed by atoms with E-state index in [-0.39, 0.29) is 5.56 Å². The van der Waals surface area contributed by atoms with E-state index in [1.807, 2.05) is 32.0 Å². The molecular formula is C12H11N3O. The number of nitrogens with one attached hydrogen (secondary N) is 1. The van der Waals surface area contributed by atoms with Crippen molar-refractivity contribution in [3.8, 4) is 0 Å². The van der Waals surface area contributed by atoms with Gasteiger partial charge in [-0.1, -0.05) is 12.1 Å². The number of H-pyrrole nitrogens is 1. The monoisotopic (exact) mass is 213 g/mol. The maximum Gasteiger partial charge on any atom is 0.282 e. The Balaban J connectivity index is 2.66. The fourth-order valence-electron chi connectivity index (χ4n) is 1.92. The average Bonchev–Trinajstić information content (AvgIpc) is 2.58. The van der Waals surface area contributed by atoms with Gasteiger partial charge in [-0.25, -0.2) is 0 Å². The topological polar surface area (TPSA) is 50.2 Å². The Kier molecular flexibility index (Phi) is 1.68. The zero-order valence-electron chi connectivity index (χ0n) is 9.11. The number of hydrogen-bond donors (Lipinski definition) is 1. The van der Waals surface area contributed by atoms with Crippen molar-refractivity contribution in [2.24, 2.45) is 0 Å². The lowest BCUT2D eigenvalue weighted by Gasteiger charge is -1.99. The van der Waals surface area contributed by atoms with Crippen LogP contribution in [0.5, 0.6) is 0 Å². The molecule has 3 aromatic rings. The van der Waals surface area contributed by atoms with Crippen LogP contribution >= 0.6 is 0 Å². The van der Waals surface area contributed by atoms with Crippen molar-refractivity contribution < 1.29 is 0 Å². The van der Waals surface area contributed by atoms with Gasteiger partial charge in [0.15, 0.2) is 0 Å². The molecule has 2 aromatic heterocycles. The molecule has 0 amide bonds. The van der Waals surface area contributed by atoms with Gasteiger partial charge >= 0.3 is 0 Å². The molecule has 0 spiro atoms. The van der Waals surface area contributed by atoms with E-state index < -0.39 is 0 Å². The van der Waals surface area contributed by atoms with E-state index in [9.17, 15) is 4.79 Å². The minimum Gasteiger partial charge on any atom is -0.339 e. The number of rotatable bonds is 0. The zero-order valence-corrected chi connectivity index (χ0v) is 9.11. The third-order valence-corrected chi connectivity index (χ3v) is 2.96. The van der Waals surface area contributed by atoms with Gasteiger partial charge in [0.1, 0.15) is 5.65 Å². The summed E-state index contributed by atoms with van der Waals surface area (Å²) in [6, 6.07) is 7.47. The molecule has 0 aliphatic rings. The highest BCUT2D eigenvalue weighted by Crippen LogP contribution is 2.13. The van der Waals surface area contributed by atoms with E-state index >= 15 is 0 Å². The first kappa shape index (κ1) is 9.15. The zero-order chi connectivity index (χ0) is 11.3. The van der Waals surface area contributed by atoms with Gasteiger partial charge in [0.25, 0.3) is 5.56 Å². The van der Waals surface area contributed by atoms with Crippen LogP contribution in [-0.4, -0.2) is 14.6 Å². The van der Waals surface area contributed by atoms with Crippen LogP contribution in [0.15, 0.2) is 29.1 Å². The first-order valence-electron chi connectivity index (χ1n) is 5.15. The van der Waals surface area contributed by atoms with Crippen molar-refractivity contribution in [1.82, 2.24) is 14.6 Å². The predicted molar refractivity (Wildman–Crippen MR) is 62.8 cm³/mol. The fraction of sp³-hybridized carbons (Fsp3) is 0.167. The van der Waals surface area contributed by atoms with Crippen LogP contribution in [0.2, 0.25) is 0 Å². The number of fused-ring (bicyclic) bond motifs is 2. The van der Waals surface area contributed by atoms with Crippen LogP contribution in [0.4, 0.5) is 0 Å². The maximum atomic E-state index is 12.1. The molecule has 0 aliphatic carbocycles. The summed E-state index contributed by atoms with van der Waals surface area (Å²) in [5.41, 5.74) is 3.45. The highest BCUT2D eigenvalue weighted by Gasteiger charge is 2.10. The third kappa shape index (κ3) is 1.04. The summed E-state index contributed by atoms with van der Waals surface area (Å²) in [4.78, 5) is 15.4. The molecule has 0 aliphatic heterocycles. The lowest BCUT2D eigenvalue weighted by Crippen LogP contribution is -2.15. The molecule has 4 nitrogen and oxygen atoms in total. The maximum absolute atomic E-state index is 12.1.